The first-order chi connectivity index (χ1) is 13.7. The van der Waals surface area contributed by atoms with E-state index in [1.54, 1.807) is 11.3 Å². The van der Waals surface area contributed by atoms with Gasteiger partial charge in [-0.2, -0.15) is 0 Å². The molecule has 0 unspecified atom stereocenters. The number of fused-ring (bicyclic) bond motifs is 2. The number of hydrogen-bond acceptors (Lipinski definition) is 5. The average Bonchev–Trinajstić information content (AvgIpc) is 3.40. The lowest BCUT2D eigenvalue weighted by Crippen LogP contribution is -2.46. The van der Waals surface area contributed by atoms with Crippen LogP contribution in [0.25, 0.3) is 0 Å². The maximum absolute atomic E-state index is 12.9. The Morgan fingerprint density at radius 3 is 2.75 bits per heavy atom. The normalized spacial score (nSPS) is 21.2. The van der Waals surface area contributed by atoms with Gasteiger partial charge in [0.15, 0.2) is 0 Å². The van der Waals surface area contributed by atoms with Crippen LogP contribution >= 0.6 is 11.3 Å². The molecule has 1 amide bonds. The van der Waals surface area contributed by atoms with Crippen molar-refractivity contribution in [2.75, 3.05) is 37.7 Å². The van der Waals surface area contributed by atoms with Crippen LogP contribution in [0.15, 0.2) is 24.5 Å². The highest BCUT2D eigenvalue weighted by molar-refractivity contribution is 7.14. The molecule has 6 heteroatoms. The second kappa shape index (κ2) is 7.16. The van der Waals surface area contributed by atoms with Gasteiger partial charge in [0.2, 0.25) is 0 Å². The minimum absolute atomic E-state index is 0.217. The van der Waals surface area contributed by atoms with E-state index in [1.807, 2.05) is 17.3 Å². The molecule has 2 saturated heterocycles. The number of aryl methyl sites for hydroxylation is 1. The van der Waals surface area contributed by atoms with Gasteiger partial charge < -0.3 is 14.5 Å². The van der Waals surface area contributed by atoms with Crippen LogP contribution in [0.4, 0.5) is 5.69 Å². The van der Waals surface area contributed by atoms with Crippen LogP contribution in [0.1, 0.15) is 51.4 Å². The number of amides is 1. The van der Waals surface area contributed by atoms with Crippen molar-refractivity contribution in [2.24, 2.45) is 0 Å². The summed E-state index contributed by atoms with van der Waals surface area (Å²) in [5, 5.41) is 0. The van der Waals surface area contributed by atoms with Gasteiger partial charge in [0.05, 0.1) is 17.1 Å². The van der Waals surface area contributed by atoms with Crippen LogP contribution in [0, 0.1) is 6.92 Å². The molecule has 5 nitrogen and oxygen atoms in total. The predicted molar refractivity (Wildman–Crippen MR) is 111 cm³/mol. The second-order valence-electron chi connectivity index (χ2n) is 8.19. The van der Waals surface area contributed by atoms with Crippen molar-refractivity contribution in [1.82, 2.24) is 9.88 Å². The van der Waals surface area contributed by atoms with E-state index in [4.69, 9.17) is 4.74 Å². The standard InChI is InChI=1S/C22H27N3O2S/c1-16-15-23-8-4-18(16)24-11-6-22(7-12-24)17-14-20(28-19(17)5-13-27-22)21(26)25-9-2-3-10-25/h4,8,14-15H,2-3,5-7,9-13H2,1H3. The summed E-state index contributed by atoms with van der Waals surface area (Å²) in [6.45, 7) is 6.63. The SMILES string of the molecule is Cc1cnccc1N1CCC2(CC1)OCCc1sc(C(=O)N3CCCC3)cc12. The Balaban J connectivity index is 1.38. The van der Waals surface area contributed by atoms with E-state index in [9.17, 15) is 4.79 Å². The Kier molecular flexibility index (Phi) is 4.63. The van der Waals surface area contributed by atoms with Gasteiger partial charge in [0, 0.05) is 55.6 Å². The molecule has 0 saturated carbocycles. The van der Waals surface area contributed by atoms with Crippen molar-refractivity contribution >= 4 is 22.9 Å². The topological polar surface area (TPSA) is 45.7 Å². The van der Waals surface area contributed by atoms with Gasteiger partial charge in [0.1, 0.15) is 0 Å². The number of ether oxygens (including phenoxy) is 1. The summed E-state index contributed by atoms with van der Waals surface area (Å²) in [6.07, 6.45) is 8.94. The minimum Gasteiger partial charge on any atom is -0.371 e. The predicted octanol–water partition coefficient (Wildman–Crippen LogP) is 3.76. The van der Waals surface area contributed by atoms with Gasteiger partial charge in [-0.25, -0.2) is 0 Å². The molecule has 0 atom stereocenters. The Bertz CT molecular complexity index is 880. The fourth-order valence-electron chi connectivity index (χ4n) is 4.94. The number of likely N-dealkylation sites (tertiary alicyclic amines) is 1. The lowest BCUT2D eigenvalue weighted by Gasteiger charge is -2.45. The van der Waals surface area contributed by atoms with Crippen LogP contribution in [0.3, 0.4) is 0 Å². The van der Waals surface area contributed by atoms with Gasteiger partial charge >= 0.3 is 0 Å². The van der Waals surface area contributed by atoms with E-state index in [0.29, 0.717) is 0 Å². The third kappa shape index (κ3) is 3.03. The van der Waals surface area contributed by atoms with Crippen LogP contribution in [-0.4, -0.2) is 48.6 Å². The summed E-state index contributed by atoms with van der Waals surface area (Å²) in [4.78, 5) is 23.8. The molecule has 3 aliphatic rings. The number of carbonyl (C=O) groups is 1. The van der Waals surface area contributed by atoms with Gasteiger partial charge in [-0.15, -0.1) is 11.3 Å². The van der Waals surface area contributed by atoms with Gasteiger partial charge in [-0.3, -0.25) is 9.78 Å². The Hall–Kier alpha value is -1.92. The first-order valence-corrected chi connectivity index (χ1v) is 11.2. The molecule has 3 aliphatic heterocycles. The molecule has 1 spiro atoms. The maximum atomic E-state index is 12.9. The molecule has 2 fully saturated rings. The molecular formula is C22H27N3O2S. The van der Waals surface area contributed by atoms with Crippen LogP contribution in [-0.2, 0) is 16.8 Å². The Labute approximate surface area is 170 Å². The van der Waals surface area contributed by atoms with Gasteiger partial charge in [0.25, 0.3) is 5.91 Å². The summed E-state index contributed by atoms with van der Waals surface area (Å²) in [5.41, 5.74) is 3.57. The van der Waals surface area contributed by atoms with Crippen molar-refractivity contribution < 1.29 is 9.53 Å². The molecule has 148 valence electrons. The minimum atomic E-state index is -0.217. The van der Waals surface area contributed by atoms with E-state index >= 15 is 0 Å². The monoisotopic (exact) mass is 397 g/mol. The van der Waals surface area contributed by atoms with Crippen molar-refractivity contribution in [3.8, 4) is 0 Å². The van der Waals surface area contributed by atoms with Gasteiger partial charge in [-0.05, 0) is 55.9 Å². The summed E-state index contributed by atoms with van der Waals surface area (Å²) in [5.74, 6) is 0.219. The van der Waals surface area contributed by atoms with Crippen molar-refractivity contribution in [3.63, 3.8) is 0 Å². The number of nitrogens with zero attached hydrogens (tertiary/aromatic N) is 3. The molecule has 2 aromatic heterocycles. The maximum Gasteiger partial charge on any atom is 0.263 e. The lowest BCUT2D eigenvalue weighted by atomic mass is 9.82. The van der Waals surface area contributed by atoms with Gasteiger partial charge in [-0.1, -0.05) is 0 Å². The van der Waals surface area contributed by atoms with E-state index in [2.05, 4.69) is 28.9 Å². The Morgan fingerprint density at radius 2 is 2.00 bits per heavy atom. The summed E-state index contributed by atoms with van der Waals surface area (Å²) in [6, 6.07) is 4.27. The van der Waals surface area contributed by atoms with Crippen LogP contribution in [0.5, 0.6) is 0 Å². The largest absolute Gasteiger partial charge is 0.371 e. The number of aromatic nitrogens is 1. The van der Waals surface area contributed by atoms with Crippen molar-refractivity contribution in [3.05, 3.63) is 45.4 Å². The zero-order chi connectivity index (χ0) is 19.1. The summed E-state index contributed by atoms with van der Waals surface area (Å²) >= 11 is 1.70. The number of pyridine rings is 1. The molecular weight excluding hydrogens is 370 g/mol. The first-order valence-electron chi connectivity index (χ1n) is 10.4. The summed E-state index contributed by atoms with van der Waals surface area (Å²) in [7, 11) is 0. The highest BCUT2D eigenvalue weighted by Gasteiger charge is 2.42. The van der Waals surface area contributed by atoms with E-state index < -0.39 is 0 Å². The third-order valence-electron chi connectivity index (χ3n) is 6.51. The Morgan fingerprint density at radius 1 is 1.21 bits per heavy atom. The molecule has 5 rings (SSSR count). The van der Waals surface area contributed by atoms with Crippen LogP contribution < -0.4 is 4.90 Å². The fourth-order valence-corrected chi connectivity index (χ4v) is 6.14. The van der Waals surface area contributed by atoms with E-state index in [0.717, 1.165) is 69.8 Å². The molecule has 28 heavy (non-hydrogen) atoms. The third-order valence-corrected chi connectivity index (χ3v) is 7.70. The molecule has 0 aromatic carbocycles. The number of rotatable bonds is 2. The smallest absolute Gasteiger partial charge is 0.263 e. The highest BCUT2D eigenvalue weighted by atomic mass is 32.1. The highest BCUT2D eigenvalue weighted by Crippen LogP contribution is 2.45. The van der Waals surface area contributed by atoms with E-state index in [-0.39, 0.29) is 11.5 Å². The molecule has 0 bridgehead atoms. The zero-order valence-electron chi connectivity index (χ0n) is 16.4. The number of anilines is 1. The second-order valence-corrected chi connectivity index (χ2v) is 9.33. The molecule has 0 radical (unpaired) electrons. The van der Waals surface area contributed by atoms with Crippen LogP contribution in [0.2, 0.25) is 0 Å². The average molecular weight is 398 g/mol. The molecule has 0 N–H and O–H groups in total. The van der Waals surface area contributed by atoms with E-state index in [1.165, 1.54) is 21.7 Å². The number of hydrogen-bond donors (Lipinski definition) is 0. The number of thiophene rings is 1. The zero-order valence-corrected chi connectivity index (χ0v) is 17.3. The fraction of sp³-hybridized carbons (Fsp3) is 0.545. The molecule has 5 heterocycles. The number of piperidine rings is 1. The molecule has 0 aliphatic carbocycles. The van der Waals surface area contributed by atoms with Crippen molar-refractivity contribution in [1.29, 1.82) is 0 Å². The lowest BCUT2D eigenvalue weighted by molar-refractivity contribution is -0.0756. The first kappa shape index (κ1) is 18.1. The molecule has 2 aromatic rings. The number of carbonyl (C=O) groups excluding carboxylic acids is 1. The quantitative estimate of drug-likeness (QED) is 0.774. The van der Waals surface area contributed by atoms with Crippen molar-refractivity contribution in [2.45, 2.75) is 44.6 Å². The summed E-state index contributed by atoms with van der Waals surface area (Å²) < 4.78 is 6.41.